The molecule has 0 radical (unpaired) electrons. The van der Waals surface area contributed by atoms with Crippen molar-refractivity contribution in [3.63, 3.8) is 0 Å². The first-order chi connectivity index (χ1) is 12.3. The van der Waals surface area contributed by atoms with Crippen molar-refractivity contribution in [1.29, 1.82) is 0 Å². The summed E-state index contributed by atoms with van der Waals surface area (Å²) in [6.45, 7) is -0.675. The zero-order chi connectivity index (χ0) is 19.1. The van der Waals surface area contributed by atoms with Crippen molar-refractivity contribution in [3.8, 4) is 0 Å². The van der Waals surface area contributed by atoms with Crippen LogP contribution in [0.1, 0.15) is 5.56 Å². The first-order valence-corrected chi connectivity index (χ1v) is 7.57. The number of nitro benzene ring substituents is 1. The number of anilines is 1. The van der Waals surface area contributed by atoms with Crippen molar-refractivity contribution in [2.75, 3.05) is 11.9 Å². The van der Waals surface area contributed by atoms with Gasteiger partial charge in [0.15, 0.2) is 6.61 Å². The molecule has 134 valence electrons. The molecule has 0 saturated carbocycles. The van der Waals surface area contributed by atoms with Crippen molar-refractivity contribution >= 4 is 40.9 Å². The molecule has 26 heavy (non-hydrogen) atoms. The molecule has 0 unspecified atom stereocenters. The number of nitro groups is 1. The number of nitrogens with one attached hydrogen (secondary N) is 1. The molecule has 0 aliphatic carbocycles. The summed E-state index contributed by atoms with van der Waals surface area (Å²) in [5.74, 6) is -2.47. The summed E-state index contributed by atoms with van der Waals surface area (Å²) < 4.78 is 18.3. The number of rotatable bonds is 6. The molecule has 9 heteroatoms. The van der Waals surface area contributed by atoms with Gasteiger partial charge < -0.3 is 10.1 Å². The van der Waals surface area contributed by atoms with Crippen LogP contribution in [0.3, 0.4) is 0 Å². The number of non-ortho nitro benzene ring substituents is 1. The highest BCUT2D eigenvalue weighted by atomic mass is 35.5. The second-order valence-corrected chi connectivity index (χ2v) is 5.40. The molecule has 0 fully saturated rings. The van der Waals surface area contributed by atoms with E-state index in [-0.39, 0.29) is 11.4 Å². The largest absolute Gasteiger partial charge is 0.452 e. The van der Waals surface area contributed by atoms with E-state index in [0.29, 0.717) is 10.6 Å². The number of ether oxygens (including phenoxy) is 1. The van der Waals surface area contributed by atoms with Crippen LogP contribution in [0.15, 0.2) is 48.5 Å². The third kappa shape index (κ3) is 5.67. The zero-order valence-corrected chi connectivity index (χ0v) is 13.9. The van der Waals surface area contributed by atoms with E-state index in [4.69, 9.17) is 16.3 Å². The molecule has 0 bridgehead atoms. The molecule has 2 aromatic rings. The van der Waals surface area contributed by atoms with Crippen LogP contribution in [0.5, 0.6) is 0 Å². The Hall–Kier alpha value is -3.26. The lowest BCUT2D eigenvalue weighted by Crippen LogP contribution is -2.20. The van der Waals surface area contributed by atoms with Gasteiger partial charge in [-0.15, -0.1) is 0 Å². The third-order valence-corrected chi connectivity index (χ3v) is 3.31. The summed E-state index contributed by atoms with van der Waals surface area (Å²) >= 11 is 5.74. The summed E-state index contributed by atoms with van der Waals surface area (Å²) in [5, 5.41) is 13.3. The van der Waals surface area contributed by atoms with Gasteiger partial charge in [0.05, 0.1) is 10.6 Å². The minimum absolute atomic E-state index is 0.378. The molecule has 1 amide bonds. The maximum atomic E-state index is 13.6. The minimum atomic E-state index is -0.849. The Kier molecular flexibility index (Phi) is 6.40. The summed E-state index contributed by atoms with van der Waals surface area (Å²) in [4.78, 5) is 33.2. The lowest BCUT2D eigenvalue weighted by molar-refractivity contribution is -0.384. The molecule has 2 rings (SSSR count). The summed E-state index contributed by atoms with van der Waals surface area (Å²) in [6, 6.07) is 9.35. The van der Waals surface area contributed by atoms with Crippen molar-refractivity contribution in [3.05, 3.63) is 75.1 Å². The molecule has 0 heterocycles. The van der Waals surface area contributed by atoms with E-state index < -0.39 is 29.2 Å². The Bertz CT molecular complexity index is 868. The fourth-order valence-corrected chi connectivity index (χ4v) is 1.96. The van der Waals surface area contributed by atoms with Gasteiger partial charge >= 0.3 is 5.97 Å². The topological polar surface area (TPSA) is 98.5 Å². The Balaban J connectivity index is 1.88. The Labute approximate surface area is 152 Å². The number of hydrogen-bond acceptors (Lipinski definition) is 5. The SMILES string of the molecule is O=C(COC(=O)/C=C/c1ccc(Cl)cc1)Nc1cc([N+](=O)[O-])ccc1F. The second-order valence-electron chi connectivity index (χ2n) is 4.96. The van der Waals surface area contributed by atoms with Crippen molar-refractivity contribution in [1.82, 2.24) is 0 Å². The Morgan fingerprint density at radius 3 is 2.58 bits per heavy atom. The number of benzene rings is 2. The van der Waals surface area contributed by atoms with Crippen molar-refractivity contribution in [2.45, 2.75) is 0 Å². The molecule has 1 N–H and O–H groups in total. The van der Waals surface area contributed by atoms with E-state index in [1.54, 1.807) is 24.3 Å². The number of nitrogens with zero attached hydrogens (tertiary/aromatic N) is 1. The third-order valence-electron chi connectivity index (χ3n) is 3.06. The molecule has 0 aliphatic heterocycles. The van der Waals surface area contributed by atoms with Crippen LogP contribution >= 0.6 is 11.6 Å². The quantitative estimate of drug-likeness (QED) is 0.358. The highest BCUT2D eigenvalue weighted by Crippen LogP contribution is 2.21. The fourth-order valence-electron chi connectivity index (χ4n) is 1.83. The second kappa shape index (κ2) is 8.72. The van der Waals surface area contributed by atoms with E-state index in [9.17, 15) is 24.1 Å². The monoisotopic (exact) mass is 378 g/mol. The Morgan fingerprint density at radius 1 is 1.23 bits per heavy atom. The molecule has 0 saturated heterocycles. The van der Waals surface area contributed by atoms with Crippen molar-refractivity contribution < 1.29 is 23.6 Å². The molecular formula is C17H12ClFN2O5. The van der Waals surface area contributed by atoms with Crippen LogP contribution in [0.2, 0.25) is 5.02 Å². The number of halogens is 2. The van der Waals surface area contributed by atoms with Gasteiger partial charge in [0.25, 0.3) is 11.6 Å². The summed E-state index contributed by atoms with van der Waals surface area (Å²) in [7, 11) is 0. The fraction of sp³-hybridized carbons (Fsp3) is 0.0588. The maximum Gasteiger partial charge on any atom is 0.331 e. The van der Waals surface area contributed by atoms with Gasteiger partial charge in [-0.05, 0) is 29.8 Å². The van der Waals surface area contributed by atoms with Gasteiger partial charge in [-0.1, -0.05) is 23.7 Å². The van der Waals surface area contributed by atoms with Crippen LogP contribution in [0.4, 0.5) is 15.8 Å². The highest BCUT2D eigenvalue weighted by Gasteiger charge is 2.13. The van der Waals surface area contributed by atoms with Crippen LogP contribution in [-0.4, -0.2) is 23.4 Å². The van der Waals surface area contributed by atoms with Crippen LogP contribution in [0, 0.1) is 15.9 Å². The Morgan fingerprint density at radius 2 is 1.92 bits per heavy atom. The first-order valence-electron chi connectivity index (χ1n) is 7.19. The minimum Gasteiger partial charge on any atom is -0.452 e. The van der Waals surface area contributed by atoms with E-state index >= 15 is 0 Å². The molecule has 0 atom stereocenters. The number of esters is 1. The van der Waals surface area contributed by atoms with Gasteiger partial charge in [0, 0.05) is 23.2 Å². The maximum absolute atomic E-state index is 13.6. The highest BCUT2D eigenvalue weighted by molar-refractivity contribution is 6.30. The lowest BCUT2D eigenvalue weighted by atomic mass is 10.2. The number of amides is 1. The smallest absolute Gasteiger partial charge is 0.331 e. The van der Waals surface area contributed by atoms with Crippen molar-refractivity contribution in [2.24, 2.45) is 0 Å². The average molecular weight is 379 g/mol. The summed E-state index contributed by atoms with van der Waals surface area (Å²) in [6.07, 6.45) is 2.58. The lowest BCUT2D eigenvalue weighted by Gasteiger charge is -2.06. The normalized spacial score (nSPS) is 10.5. The van der Waals surface area contributed by atoms with Gasteiger partial charge in [-0.3, -0.25) is 14.9 Å². The van der Waals surface area contributed by atoms with E-state index in [2.05, 4.69) is 5.32 Å². The van der Waals surface area contributed by atoms with E-state index in [1.807, 2.05) is 0 Å². The number of carbonyl (C=O) groups excluding carboxylic acids is 2. The molecule has 0 spiro atoms. The number of hydrogen-bond donors (Lipinski definition) is 1. The predicted octanol–water partition coefficient (Wildman–Crippen LogP) is 3.58. The molecule has 7 nitrogen and oxygen atoms in total. The molecular weight excluding hydrogens is 367 g/mol. The van der Waals surface area contributed by atoms with Crippen LogP contribution < -0.4 is 5.32 Å². The average Bonchev–Trinajstić information content (AvgIpc) is 2.61. The predicted molar refractivity (Wildman–Crippen MR) is 93.1 cm³/mol. The zero-order valence-electron chi connectivity index (χ0n) is 13.1. The first kappa shape index (κ1) is 19.1. The molecule has 0 aromatic heterocycles. The van der Waals surface area contributed by atoms with Gasteiger partial charge in [-0.25, -0.2) is 9.18 Å². The van der Waals surface area contributed by atoms with Gasteiger partial charge in [0.1, 0.15) is 5.82 Å². The van der Waals surface area contributed by atoms with Gasteiger partial charge in [0.2, 0.25) is 0 Å². The van der Waals surface area contributed by atoms with Crippen LogP contribution in [-0.2, 0) is 14.3 Å². The standard InChI is InChI=1S/C17H12ClFN2O5/c18-12-4-1-11(2-5-12)3-8-17(23)26-10-16(22)20-15-9-13(21(24)25)6-7-14(15)19/h1-9H,10H2,(H,20,22)/b8-3+. The van der Waals surface area contributed by atoms with E-state index in [0.717, 1.165) is 24.3 Å². The van der Waals surface area contributed by atoms with E-state index in [1.165, 1.54) is 6.08 Å². The molecule has 2 aromatic carbocycles. The van der Waals surface area contributed by atoms with Crippen LogP contribution in [0.25, 0.3) is 6.08 Å². The number of carbonyl (C=O) groups is 2. The molecule has 0 aliphatic rings. The summed E-state index contributed by atoms with van der Waals surface area (Å²) in [5.41, 5.74) is -0.0592. The van der Waals surface area contributed by atoms with Gasteiger partial charge in [-0.2, -0.15) is 0 Å².